The van der Waals surface area contributed by atoms with Crippen LogP contribution in [-0.4, -0.2) is 60.0 Å². The Kier molecular flexibility index (Phi) is 10.4. The molecule has 2 aliphatic rings. The molecule has 0 radical (unpaired) electrons. The molecule has 3 atom stereocenters. The summed E-state index contributed by atoms with van der Waals surface area (Å²) in [6.07, 6.45) is 8.57. The van der Waals surface area contributed by atoms with Crippen molar-refractivity contribution in [1.29, 1.82) is 0 Å². The number of benzene rings is 2. The molecule has 4 rings (SSSR count). The molecule has 2 N–H and O–H groups in total. The highest BCUT2D eigenvalue weighted by Crippen LogP contribution is 2.46. The largest absolute Gasteiger partial charge is 1.00 e. The molecule has 36 heavy (non-hydrogen) atoms. The number of rotatable bonds is 9. The topological polar surface area (TPSA) is 93.1 Å². The maximum atomic E-state index is 11.7. The van der Waals surface area contributed by atoms with Crippen LogP contribution in [-0.2, 0) is 16.0 Å². The van der Waals surface area contributed by atoms with Crippen molar-refractivity contribution >= 4 is 39.7 Å². The van der Waals surface area contributed by atoms with Gasteiger partial charge in [0.1, 0.15) is 11.5 Å². The number of piperidine rings is 1. The monoisotopic (exact) mass is 627 g/mol. The van der Waals surface area contributed by atoms with Crippen LogP contribution in [0.3, 0.4) is 0 Å². The lowest BCUT2D eigenvalue weighted by Gasteiger charge is -2.45. The first-order valence-corrected chi connectivity index (χ1v) is 11.9. The number of ether oxygens (including phenoxy) is 2. The lowest BCUT2D eigenvalue weighted by Crippen LogP contribution is -3.00. The number of hydrogen-bond acceptors (Lipinski definition) is 4. The summed E-state index contributed by atoms with van der Waals surface area (Å²) in [5.41, 5.74) is 1.16. The van der Waals surface area contributed by atoms with Crippen LogP contribution in [0.1, 0.15) is 37.7 Å². The van der Waals surface area contributed by atoms with E-state index in [1.807, 2.05) is 18.2 Å². The predicted octanol–water partition coefficient (Wildman–Crippen LogP) is 2.06. The van der Waals surface area contributed by atoms with E-state index in [1.165, 1.54) is 0 Å². The van der Waals surface area contributed by atoms with Crippen molar-refractivity contribution < 1.29 is 50.7 Å². The lowest BCUT2D eigenvalue weighted by atomic mass is 9.78. The van der Waals surface area contributed by atoms with Crippen molar-refractivity contribution in [2.75, 3.05) is 21.3 Å². The Labute approximate surface area is 233 Å². The molecule has 0 amide bonds. The van der Waals surface area contributed by atoms with E-state index in [9.17, 15) is 19.8 Å². The number of halogens is 2. The third kappa shape index (κ3) is 6.06. The predicted molar refractivity (Wildman–Crippen MR) is 139 cm³/mol. The summed E-state index contributed by atoms with van der Waals surface area (Å²) in [7, 11) is 5.56. The van der Waals surface area contributed by atoms with Gasteiger partial charge in [0.05, 0.1) is 51.9 Å². The van der Waals surface area contributed by atoms with Crippen molar-refractivity contribution in [3.63, 3.8) is 0 Å². The highest BCUT2D eigenvalue weighted by atomic mass is 79.9. The molecule has 0 aromatic heterocycles. The molecule has 7 nitrogen and oxygen atoms in total. The van der Waals surface area contributed by atoms with Gasteiger partial charge in [0.25, 0.3) is 0 Å². The number of fused-ring (bicyclic) bond motifs is 3. The molecule has 198 valence electrons. The van der Waals surface area contributed by atoms with Gasteiger partial charge in [0.2, 0.25) is 0 Å². The third-order valence-electron chi connectivity index (χ3n) is 8.02. The second-order valence-electron chi connectivity index (χ2n) is 9.85. The molecule has 2 aromatic rings. The smallest absolute Gasteiger partial charge is 0.307 e. The number of allylic oxidation sites excluding steroid dienone is 1. The van der Waals surface area contributed by atoms with Gasteiger partial charge in [-0.05, 0) is 47.6 Å². The standard InChI is InChI=1S/C27H33NO6.2BrH/c1-28(20-7-8-21(28)14-19(13-20)24(27(31)32)16-26(29)30)10-4-5-17-11-18-6-9-22(33-2)15-23(18)25(12-17)34-3;;/h4,6,9-12,15,19-21,24H,5,7-8,13-14,16H2,1-3H3,(H-,29,30,31,32);2*1H. The number of quaternary nitrogens is 1. The molecular formula is C27H35Br2NO6. The summed E-state index contributed by atoms with van der Waals surface area (Å²) in [6.45, 7) is 0. The van der Waals surface area contributed by atoms with E-state index in [4.69, 9.17) is 9.47 Å². The summed E-state index contributed by atoms with van der Waals surface area (Å²) in [5, 5.41) is 20.9. The fourth-order valence-corrected chi connectivity index (χ4v) is 6.13. The number of hydrogen-bond donors (Lipinski definition) is 2. The Balaban J connectivity index is 0.00000228. The van der Waals surface area contributed by atoms with Crippen LogP contribution in [0.2, 0.25) is 0 Å². The molecule has 2 saturated heterocycles. The lowest BCUT2D eigenvalue weighted by molar-refractivity contribution is -0.903. The van der Waals surface area contributed by atoms with Gasteiger partial charge in [0.15, 0.2) is 0 Å². The van der Waals surface area contributed by atoms with Crippen molar-refractivity contribution in [3.05, 3.63) is 48.2 Å². The van der Waals surface area contributed by atoms with E-state index >= 15 is 0 Å². The summed E-state index contributed by atoms with van der Waals surface area (Å²) >= 11 is 0. The van der Waals surface area contributed by atoms with Gasteiger partial charge in [0, 0.05) is 31.1 Å². The average Bonchev–Trinajstić information content (AvgIpc) is 2.97. The van der Waals surface area contributed by atoms with Gasteiger partial charge in [-0.3, -0.25) is 14.1 Å². The van der Waals surface area contributed by atoms with Gasteiger partial charge >= 0.3 is 11.9 Å². The zero-order valence-electron chi connectivity index (χ0n) is 20.9. The fourth-order valence-electron chi connectivity index (χ4n) is 6.13. The van der Waals surface area contributed by atoms with Crippen LogP contribution < -0.4 is 26.5 Å². The van der Waals surface area contributed by atoms with Gasteiger partial charge in [-0.15, -0.1) is 17.0 Å². The van der Waals surface area contributed by atoms with Gasteiger partial charge in [-0.1, -0.05) is 12.1 Å². The minimum atomic E-state index is -1.04. The van der Waals surface area contributed by atoms with Gasteiger partial charge < -0.3 is 36.7 Å². The van der Waals surface area contributed by atoms with Gasteiger partial charge in [-0.2, -0.15) is 0 Å². The molecule has 3 unspecified atom stereocenters. The number of carbonyl (C=O) groups is 2. The third-order valence-corrected chi connectivity index (χ3v) is 8.02. The van der Waals surface area contributed by atoms with Crippen molar-refractivity contribution in [1.82, 2.24) is 0 Å². The maximum Gasteiger partial charge on any atom is 0.307 e. The highest BCUT2D eigenvalue weighted by Gasteiger charge is 2.52. The second-order valence-corrected chi connectivity index (χ2v) is 9.85. The average molecular weight is 629 g/mol. The summed E-state index contributed by atoms with van der Waals surface area (Å²) < 4.78 is 11.8. The Morgan fingerprint density at radius 2 is 1.75 bits per heavy atom. The minimum Gasteiger partial charge on any atom is -1.00 e. The molecule has 2 aromatic carbocycles. The van der Waals surface area contributed by atoms with E-state index in [1.54, 1.807) is 14.2 Å². The molecule has 9 heteroatoms. The van der Waals surface area contributed by atoms with E-state index in [-0.39, 0.29) is 46.3 Å². The fraction of sp³-hybridized carbons (Fsp3) is 0.481. The number of methoxy groups -OCH3 is 2. The zero-order chi connectivity index (χ0) is 24.5. The molecular weight excluding hydrogens is 594 g/mol. The Hall–Kier alpha value is -2.10. The van der Waals surface area contributed by atoms with Gasteiger partial charge in [-0.25, -0.2) is 0 Å². The summed E-state index contributed by atoms with van der Waals surface area (Å²) in [5.74, 6) is -1.29. The minimum absolute atomic E-state index is 0. The van der Waals surface area contributed by atoms with E-state index in [2.05, 4.69) is 31.5 Å². The van der Waals surface area contributed by atoms with Crippen molar-refractivity contribution in [2.24, 2.45) is 11.8 Å². The molecule has 0 spiro atoms. The SMILES string of the molecule is Br.COc1ccc2cc(CC=C[N+]3(C)C4CCC3CC(C(CC(=O)O)C(=O)O)C4)cc(OC)c2c1.[Br-]. The van der Waals surface area contributed by atoms with Crippen molar-refractivity contribution in [2.45, 2.75) is 50.6 Å². The Morgan fingerprint density at radius 1 is 1.08 bits per heavy atom. The molecule has 2 bridgehead atoms. The quantitative estimate of drug-likeness (QED) is 0.413. The maximum absolute atomic E-state index is 11.7. The van der Waals surface area contributed by atoms with Crippen LogP contribution in [0.15, 0.2) is 42.6 Å². The number of carboxylic acids is 2. The molecule has 2 fully saturated rings. The van der Waals surface area contributed by atoms with Crippen LogP contribution in [0.5, 0.6) is 11.5 Å². The van der Waals surface area contributed by atoms with Crippen LogP contribution >= 0.6 is 17.0 Å². The van der Waals surface area contributed by atoms with Crippen molar-refractivity contribution in [3.8, 4) is 11.5 Å². The first-order valence-electron chi connectivity index (χ1n) is 11.9. The molecule has 0 aliphatic carbocycles. The van der Waals surface area contributed by atoms with E-state index in [0.717, 1.165) is 64.4 Å². The molecule has 0 saturated carbocycles. The second kappa shape index (κ2) is 12.4. The van der Waals surface area contributed by atoms with E-state index < -0.39 is 17.9 Å². The van der Waals surface area contributed by atoms with E-state index in [0.29, 0.717) is 12.1 Å². The first-order chi connectivity index (χ1) is 16.2. The zero-order valence-corrected chi connectivity index (χ0v) is 24.2. The number of nitrogens with zero attached hydrogens (tertiary/aromatic N) is 1. The van der Waals surface area contributed by atoms with Crippen LogP contribution in [0, 0.1) is 11.8 Å². The first kappa shape index (κ1) is 30.1. The normalized spacial score (nSPS) is 25.6. The summed E-state index contributed by atoms with van der Waals surface area (Å²) in [4.78, 5) is 22.9. The Bertz CT molecular complexity index is 1110. The molecule has 2 heterocycles. The number of carboxylic acid groups (broad SMARTS) is 2. The highest BCUT2D eigenvalue weighted by molar-refractivity contribution is 8.93. The Morgan fingerprint density at radius 3 is 2.31 bits per heavy atom. The van der Waals surface area contributed by atoms with Crippen LogP contribution in [0.4, 0.5) is 0 Å². The molecule has 2 aliphatic heterocycles. The van der Waals surface area contributed by atoms with Crippen LogP contribution in [0.25, 0.3) is 10.8 Å². The summed E-state index contributed by atoms with van der Waals surface area (Å²) in [6, 6.07) is 10.9. The number of aliphatic carboxylic acids is 2.